The molecule has 0 unspecified atom stereocenters. The van der Waals surface area contributed by atoms with Gasteiger partial charge in [0.2, 0.25) is 0 Å². The van der Waals surface area contributed by atoms with Crippen molar-refractivity contribution in [2.45, 2.75) is 19.8 Å². The molecule has 0 fully saturated rings. The van der Waals surface area contributed by atoms with E-state index in [4.69, 9.17) is 9.47 Å². The Bertz CT molecular complexity index is 1150. The van der Waals surface area contributed by atoms with Gasteiger partial charge < -0.3 is 14.6 Å². The summed E-state index contributed by atoms with van der Waals surface area (Å²) in [6, 6.07) is 8.43. The Labute approximate surface area is 167 Å². The van der Waals surface area contributed by atoms with Crippen molar-refractivity contribution >= 4 is 23.8 Å². The van der Waals surface area contributed by atoms with E-state index < -0.39 is 5.97 Å². The molecule has 150 valence electrons. The molecular weight excluding hydrogens is 372 g/mol. The molecule has 0 saturated heterocycles. The van der Waals surface area contributed by atoms with E-state index in [0.717, 1.165) is 12.0 Å². The van der Waals surface area contributed by atoms with Crippen LogP contribution in [0.4, 0.5) is 0 Å². The number of fused-ring (bicyclic) bond motifs is 1. The molecule has 0 aliphatic rings. The van der Waals surface area contributed by atoms with Crippen LogP contribution in [-0.4, -0.2) is 34.7 Å². The molecule has 0 saturated carbocycles. The van der Waals surface area contributed by atoms with E-state index >= 15 is 0 Å². The molecule has 0 spiro atoms. The highest BCUT2D eigenvalue weighted by molar-refractivity contribution is 5.87. The maximum atomic E-state index is 13.0. The normalized spacial score (nSPS) is 11.1. The first kappa shape index (κ1) is 20.1. The van der Waals surface area contributed by atoms with Crippen molar-refractivity contribution < 1.29 is 19.4 Å². The van der Waals surface area contributed by atoms with E-state index in [9.17, 15) is 14.7 Å². The van der Waals surface area contributed by atoms with Crippen molar-refractivity contribution in [3.8, 4) is 11.5 Å². The summed E-state index contributed by atoms with van der Waals surface area (Å²) in [5.41, 5.74) is 2.07. The zero-order valence-electron chi connectivity index (χ0n) is 16.5. The van der Waals surface area contributed by atoms with Gasteiger partial charge in [-0.25, -0.2) is 9.78 Å². The van der Waals surface area contributed by atoms with Crippen LogP contribution in [-0.2, 0) is 6.42 Å². The molecule has 1 N–H and O–H groups in total. The first-order chi connectivity index (χ1) is 14.0. The lowest BCUT2D eigenvalue weighted by Gasteiger charge is -2.09. The van der Waals surface area contributed by atoms with Crippen molar-refractivity contribution in [2.75, 3.05) is 14.2 Å². The van der Waals surface area contributed by atoms with E-state index in [0.29, 0.717) is 34.8 Å². The number of carbonyl (C=O) groups is 1. The average Bonchev–Trinajstić information content (AvgIpc) is 2.74. The van der Waals surface area contributed by atoms with E-state index in [1.54, 1.807) is 26.4 Å². The highest BCUT2D eigenvalue weighted by atomic mass is 16.5. The molecule has 0 atom stereocenters. The Kier molecular flexibility index (Phi) is 5.97. The second kappa shape index (κ2) is 8.60. The van der Waals surface area contributed by atoms with Gasteiger partial charge in [-0.15, -0.1) is 0 Å². The number of pyridine rings is 1. The number of rotatable bonds is 7. The zero-order valence-corrected chi connectivity index (χ0v) is 16.5. The van der Waals surface area contributed by atoms with Crippen LogP contribution in [0.1, 0.15) is 40.5 Å². The van der Waals surface area contributed by atoms with Crippen LogP contribution in [0, 0.1) is 0 Å². The van der Waals surface area contributed by atoms with Crippen molar-refractivity contribution in [1.29, 1.82) is 0 Å². The van der Waals surface area contributed by atoms with Crippen LogP contribution < -0.4 is 15.0 Å². The summed E-state index contributed by atoms with van der Waals surface area (Å²) in [6.07, 6.45) is 6.22. The van der Waals surface area contributed by atoms with Crippen LogP contribution in [0.2, 0.25) is 0 Å². The second-order valence-corrected chi connectivity index (χ2v) is 6.42. The lowest BCUT2D eigenvalue weighted by atomic mass is 10.1. The van der Waals surface area contributed by atoms with Crippen LogP contribution in [0.25, 0.3) is 17.8 Å². The number of aromatic nitrogens is 2. The summed E-state index contributed by atoms with van der Waals surface area (Å²) in [5.74, 6) is 0.231. The number of methoxy groups -OCH3 is 2. The van der Waals surface area contributed by atoms with Gasteiger partial charge in [0.15, 0.2) is 0 Å². The average molecular weight is 394 g/mol. The number of hydrogen-bond acceptors (Lipinski definition) is 5. The molecule has 2 aromatic heterocycles. The van der Waals surface area contributed by atoms with Crippen LogP contribution in [0.5, 0.6) is 11.5 Å². The summed E-state index contributed by atoms with van der Waals surface area (Å²) >= 11 is 0. The van der Waals surface area contributed by atoms with Gasteiger partial charge in [-0.05, 0) is 42.8 Å². The van der Waals surface area contributed by atoms with E-state index in [1.165, 1.54) is 22.7 Å². The highest BCUT2D eigenvalue weighted by Gasteiger charge is 2.13. The first-order valence-corrected chi connectivity index (χ1v) is 9.17. The van der Waals surface area contributed by atoms with Crippen molar-refractivity contribution in [2.24, 2.45) is 0 Å². The van der Waals surface area contributed by atoms with Crippen LogP contribution in [0.15, 0.2) is 41.3 Å². The summed E-state index contributed by atoms with van der Waals surface area (Å²) in [4.78, 5) is 28.8. The molecule has 0 amide bonds. The summed E-state index contributed by atoms with van der Waals surface area (Å²) in [6.45, 7) is 1.97. The van der Waals surface area contributed by atoms with Gasteiger partial charge in [0.1, 0.15) is 17.1 Å². The topological polar surface area (TPSA) is 90.1 Å². The molecule has 7 heteroatoms. The number of ether oxygens (including phenoxy) is 2. The van der Waals surface area contributed by atoms with Crippen molar-refractivity contribution in [1.82, 2.24) is 9.38 Å². The van der Waals surface area contributed by atoms with E-state index in [-0.39, 0.29) is 11.1 Å². The van der Waals surface area contributed by atoms with Gasteiger partial charge in [-0.2, -0.15) is 0 Å². The Morgan fingerprint density at radius 1 is 1.17 bits per heavy atom. The van der Waals surface area contributed by atoms with Crippen molar-refractivity contribution in [3.63, 3.8) is 0 Å². The molecule has 3 rings (SSSR count). The van der Waals surface area contributed by atoms with Gasteiger partial charge >= 0.3 is 5.97 Å². The van der Waals surface area contributed by atoms with E-state index in [2.05, 4.69) is 4.98 Å². The molecule has 0 aliphatic carbocycles. The van der Waals surface area contributed by atoms with Gasteiger partial charge in [-0.1, -0.05) is 13.3 Å². The lowest BCUT2D eigenvalue weighted by molar-refractivity contribution is 0.0696. The number of benzene rings is 1. The molecule has 0 aliphatic heterocycles. The lowest BCUT2D eigenvalue weighted by Crippen LogP contribution is -2.22. The van der Waals surface area contributed by atoms with Crippen molar-refractivity contribution in [3.05, 3.63) is 69.3 Å². The molecule has 1 aromatic carbocycles. The maximum absolute atomic E-state index is 13.0. The number of carboxylic acids is 1. The minimum absolute atomic E-state index is 0.0371. The third-order valence-electron chi connectivity index (χ3n) is 4.56. The Hall–Kier alpha value is -3.61. The smallest absolute Gasteiger partial charge is 0.337 e. The highest BCUT2D eigenvalue weighted by Crippen LogP contribution is 2.26. The maximum Gasteiger partial charge on any atom is 0.337 e. The molecule has 29 heavy (non-hydrogen) atoms. The monoisotopic (exact) mass is 394 g/mol. The standard InChI is InChI=1S/C22H22N2O5/c1-4-5-17-18(10-7-14-6-9-16(28-2)12-19(14)29-3)23-20-11-8-15(22(26)27)13-24(20)21(17)25/h6-13H,4-5H2,1-3H3,(H,26,27)/b10-7+. The summed E-state index contributed by atoms with van der Waals surface area (Å²) in [7, 11) is 3.17. The fraction of sp³-hybridized carbons (Fsp3) is 0.227. The first-order valence-electron chi connectivity index (χ1n) is 9.17. The SMILES string of the molecule is CCCc1c(/C=C/c2ccc(OC)cc2OC)nc2ccc(C(=O)O)cn2c1=O. The second-order valence-electron chi connectivity index (χ2n) is 6.42. The minimum atomic E-state index is -1.09. The number of hydrogen-bond donors (Lipinski definition) is 1. The predicted molar refractivity (Wildman–Crippen MR) is 111 cm³/mol. The number of nitrogens with zero attached hydrogens (tertiary/aromatic N) is 2. The van der Waals surface area contributed by atoms with Gasteiger partial charge in [0.25, 0.3) is 5.56 Å². The van der Waals surface area contributed by atoms with Gasteiger partial charge in [0.05, 0.1) is 25.5 Å². The molecule has 2 heterocycles. The van der Waals surface area contributed by atoms with Gasteiger partial charge in [-0.3, -0.25) is 9.20 Å². The molecular formula is C22H22N2O5. The van der Waals surface area contributed by atoms with Crippen LogP contribution >= 0.6 is 0 Å². The summed E-state index contributed by atoms with van der Waals surface area (Å²) < 4.78 is 11.9. The largest absolute Gasteiger partial charge is 0.497 e. The molecule has 0 bridgehead atoms. The van der Waals surface area contributed by atoms with E-state index in [1.807, 2.05) is 25.1 Å². The van der Waals surface area contributed by atoms with Gasteiger partial charge in [0, 0.05) is 23.4 Å². The fourth-order valence-electron chi connectivity index (χ4n) is 3.07. The third kappa shape index (κ3) is 4.13. The van der Waals surface area contributed by atoms with Crippen LogP contribution in [0.3, 0.4) is 0 Å². The quantitative estimate of drug-likeness (QED) is 0.659. The Morgan fingerprint density at radius 2 is 1.97 bits per heavy atom. The number of carboxylic acid groups (broad SMARTS) is 1. The Balaban J connectivity index is 2.12. The Morgan fingerprint density at radius 3 is 2.62 bits per heavy atom. The third-order valence-corrected chi connectivity index (χ3v) is 4.56. The fourth-order valence-corrected chi connectivity index (χ4v) is 3.07. The summed E-state index contributed by atoms with van der Waals surface area (Å²) in [5, 5.41) is 9.19. The number of aromatic carboxylic acids is 1. The molecule has 7 nitrogen and oxygen atoms in total. The molecule has 0 radical (unpaired) electrons. The molecule has 3 aromatic rings. The minimum Gasteiger partial charge on any atom is -0.497 e. The predicted octanol–water partition coefficient (Wildman–Crippen LogP) is 3.53. The zero-order chi connectivity index (χ0) is 21.0.